The van der Waals surface area contributed by atoms with Crippen molar-refractivity contribution in [2.24, 2.45) is 0 Å². The summed E-state index contributed by atoms with van der Waals surface area (Å²) in [7, 11) is 0. The third kappa shape index (κ3) is 1.68. The third-order valence-corrected chi connectivity index (χ3v) is 1.87. The fourth-order valence-corrected chi connectivity index (χ4v) is 1.08. The van der Waals surface area contributed by atoms with E-state index >= 15 is 0 Å². The maximum atomic E-state index is 5.56. The van der Waals surface area contributed by atoms with E-state index in [1.165, 1.54) is 0 Å². The molecule has 0 saturated carbocycles. The van der Waals surface area contributed by atoms with Crippen LogP contribution in [-0.2, 0) is 11.8 Å². The largest absolute Gasteiger partial charge is 0.445 e. The molecule has 0 saturated heterocycles. The monoisotopic (exact) mass is 167 g/mol. The summed E-state index contributed by atoms with van der Waals surface area (Å²) in [5.41, 5.74) is 1.11. The first kappa shape index (κ1) is 9.30. The summed E-state index contributed by atoms with van der Waals surface area (Å²) < 4.78 is 5.56. The summed E-state index contributed by atoms with van der Waals surface area (Å²) in [5, 5.41) is 0. The third-order valence-electron chi connectivity index (χ3n) is 1.87. The van der Waals surface area contributed by atoms with E-state index in [1.807, 2.05) is 6.92 Å². The van der Waals surface area contributed by atoms with E-state index in [0.717, 1.165) is 23.8 Å². The molecule has 0 bridgehead atoms. The van der Waals surface area contributed by atoms with Gasteiger partial charge < -0.3 is 4.42 Å². The molecule has 2 nitrogen and oxygen atoms in total. The van der Waals surface area contributed by atoms with Crippen molar-refractivity contribution in [2.45, 2.75) is 46.5 Å². The zero-order valence-electron chi connectivity index (χ0n) is 8.56. The molecule has 1 aromatic rings. The van der Waals surface area contributed by atoms with Gasteiger partial charge in [-0.2, -0.15) is 0 Å². The summed E-state index contributed by atoms with van der Waals surface area (Å²) in [6, 6.07) is 0. The second-order valence-electron chi connectivity index (χ2n) is 4.13. The molecule has 12 heavy (non-hydrogen) atoms. The molecule has 0 spiro atoms. The molecule has 0 N–H and O–H groups in total. The quantitative estimate of drug-likeness (QED) is 0.642. The zero-order valence-corrected chi connectivity index (χ0v) is 8.56. The predicted molar refractivity (Wildman–Crippen MR) is 49.3 cm³/mol. The van der Waals surface area contributed by atoms with Gasteiger partial charge in [0.25, 0.3) is 0 Å². The lowest BCUT2D eigenvalue weighted by Crippen LogP contribution is -2.11. The van der Waals surface area contributed by atoms with Crippen molar-refractivity contribution < 1.29 is 4.42 Å². The molecule has 0 atom stereocenters. The van der Waals surface area contributed by atoms with Gasteiger partial charge in [0.2, 0.25) is 0 Å². The van der Waals surface area contributed by atoms with Gasteiger partial charge in [-0.05, 0) is 13.3 Å². The van der Waals surface area contributed by atoms with Crippen molar-refractivity contribution >= 4 is 0 Å². The molecule has 68 valence electrons. The molecule has 0 radical (unpaired) electrons. The standard InChI is InChI=1S/C10H17NO/c1-6-8-7(2)12-9(11-8)10(3,4)5/h6H2,1-5H3. The molecule has 2 heteroatoms. The maximum absolute atomic E-state index is 5.56. The Hall–Kier alpha value is -0.790. The molecule has 0 aromatic carbocycles. The summed E-state index contributed by atoms with van der Waals surface area (Å²) in [6.07, 6.45) is 0.950. The highest BCUT2D eigenvalue weighted by Gasteiger charge is 2.21. The van der Waals surface area contributed by atoms with Crippen LogP contribution >= 0.6 is 0 Å². The van der Waals surface area contributed by atoms with Crippen molar-refractivity contribution in [2.75, 3.05) is 0 Å². The lowest BCUT2D eigenvalue weighted by Gasteiger charge is -2.11. The minimum atomic E-state index is 0.0260. The molecule has 0 aliphatic carbocycles. The summed E-state index contributed by atoms with van der Waals surface area (Å²) in [4.78, 5) is 4.43. The van der Waals surface area contributed by atoms with E-state index in [4.69, 9.17) is 4.42 Å². The van der Waals surface area contributed by atoms with Gasteiger partial charge in [0.05, 0.1) is 5.69 Å². The normalized spacial score (nSPS) is 12.1. The van der Waals surface area contributed by atoms with Gasteiger partial charge in [-0.1, -0.05) is 27.7 Å². The van der Waals surface area contributed by atoms with Gasteiger partial charge in [-0.15, -0.1) is 0 Å². The Balaban J connectivity index is 3.05. The Kier molecular flexibility index (Phi) is 2.27. The Morgan fingerprint density at radius 3 is 2.17 bits per heavy atom. The van der Waals surface area contributed by atoms with E-state index in [-0.39, 0.29) is 5.41 Å². The molecule has 1 heterocycles. The summed E-state index contributed by atoms with van der Waals surface area (Å²) in [5.74, 6) is 1.80. The van der Waals surface area contributed by atoms with Crippen LogP contribution in [0.15, 0.2) is 4.42 Å². The van der Waals surface area contributed by atoms with E-state index in [1.54, 1.807) is 0 Å². The minimum absolute atomic E-state index is 0.0260. The second-order valence-corrected chi connectivity index (χ2v) is 4.13. The first-order valence-corrected chi connectivity index (χ1v) is 4.42. The van der Waals surface area contributed by atoms with E-state index in [9.17, 15) is 0 Å². The van der Waals surface area contributed by atoms with Crippen LogP contribution in [0.1, 0.15) is 45.0 Å². The number of aryl methyl sites for hydroxylation is 2. The molecular weight excluding hydrogens is 150 g/mol. The maximum Gasteiger partial charge on any atom is 0.199 e. The average molecular weight is 167 g/mol. The molecule has 0 amide bonds. The Morgan fingerprint density at radius 2 is 1.92 bits per heavy atom. The number of nitrogens with zero attached hydrogens (tertiary/aromatic N) is 1. The molecule has 0 fully saturated rings. The van der Waals surface area contributed by atoms with Gasteiger partial charge in [0.15, 0.2) is 5.89 Å². The molecule has 1 rings (SSSR count). The average Bonchev–Trinajstić information content (AvgIpc) is 2.29. The highest BCUT2D eigenvalue weighted by Crippen LogP contribution is 2.23. The van der Waals surface area contributed by atoms with Crippen molar-refractivity contribution in [3.8, 4) is 0 Å². The van der Waals surface area contributed by atoms with Gasteiger partial charge in [-0.3, -0.25) is 0 Å². The molecular formula is C10H17NO. The van der Waals surface area contributed by atoms with E-state index < -0.39 is 0 Å². The highest BCUT2D eigenvalue weighted by atomic mass is 16.4. The number of oxazole rings is 1. The van der Waals surface area contributed by atoms with Crippen molar-refractivity contribution in [1.82, 2.24) is 4.98 Å². The Labute approximate surface area is 74.0 Å². The van der Waals surface area contributed by atoms with Crippen LogP contribution in [0.2, 0.25) is 0 Å². The Morgan fingerprint density at radius 1 is 1.33 bits per heavy atom. The van der Waals surface area contributed by atoms with Crippen LogP contribution in [0.3, 0.4) is 0 Å². The van der Waals surface area contributed by atoms with Gasteiger partial charge in [0.1, 0.15) is 5.76 Å². The minimum Gasteiger partial charge on any atom is -0.445 e. The van der Waals surface area contributed by atoms with Crippen LogP contribution in [0, 0.1) is 6.92 Å². The van der Waals surface area contributed by atoms with E-state index in [2.05, 4.69) is 32.7 Å². The number of rotatable bonds is 1. The first-order valence-electron chi connectivity index (χ1n) is 4.42. The molecule has 0 unspecified atom stereocenters. The van der Waals surface area contributed by atoms with E-state index in [0.29, 0.717) is 0 Å². The van der Waals surface area contributed by atoms with Crippen molar-refractivity contribution in [1.29, 1.82) is 0 Å². The fourth-order valence-electron chi connectivity index (χ4n) is 1.08. The highest BCUT2D eigenvalue weighted by molar-refractivity contribution is 5.11. The van der Waals surface area contributed by atoms with Crippen LogP contribution in [0.5, 0.6) is 0 Å². The lowest BCUT2D eigenvalue weighted by atomic mass is 9.97. The smallest absolute Gasteiger partial charge is 0.199 e. The molecule has 1 aromatic heterocycles. The Bertz CT molecular complexity index is 268. The lowest BCUT2D eigenvalue weighted by molar-refractivity contribution is 0.380. The van der Waals surface area contributed by atoms with Crippen molar-refractivity contribution in [3.63, 3.8) is 0 Å². The topological polar surface area (TPSA) is 26.0 Å². The summed E-state index contributed by atoms with van der Waals surface area (Å²) >= 11 is 0. The molecule has 0 aliphatic rings. The number of hydrogen-bond acceptors (Lipinski definition) is 2. The van der Waals surface area contributed by atoms with Crippen LogP contribution in [0.4, 0.5) is 0 Å². The number of hydrogen-bond donors (Lipinski definition) is 0. The van der Waals surface area contributed by atoms with Crippen molar-refractivity contribution in [3.05, 3.63) is 17.3 Å². The van der Waals surface area contributed by atoms with Gasteiger partial charge >= 0.3 is 0 Å². The first-order chi connectivity index (χ1) is 5.45. The molecule has 0 aliphatic heterocycles. The fraction of sp³-hybridized carbons (Fsp3) is 0.700. The second kappa shape index (κ2) is 2.92. The predicted octanol–water partition coefficient (Wildman–Crippen LogP) is 2.84. The van der Waals surface area contributed by atoms with Crippen LogP contribution in [-0.4, -0.2) is 4.98 Å². The summed E-state index contributed by atoms with van der Waals surface area (Å²) in [6.45, 7) is 10.4. The van der Waals surface area contributed by atoms with Crippen LogP contribution in [0.25, 0.3) is 0 Å². The van der Waals surface area contributed by atoms with Gasteiger partial charge in [0, 0.05) is 5.41 Å². The zero-order chi connectivity index (χ0) is 9.35. The van der Waals surface area contributed by atoms with Gasteiger partial charge in [-0.25, -0.2) is 4.98 Å². The van der Waals surface area contributed by atoms with Crippen LogP contribution < -0.4 is 0 Å². The number of aromatic nitrogens is 1. The SMILES string of the molecule is CCc1nc(C(C)(C)C)oc1C.